The zero-order chi connectivity index (χ0) is 11.3. The Bertz CT molecular complexity index is 318. The number of halogens is 2. The molecule has 0 radical (unpaired) electrons. The second kappa shape index (κ2) is 5.38. The van der Waals surface area contributed by atoms with E-state index >= 15 is 0 Å². The minimum Gasteiger partial charge on any atom is -0.493 e. The highest BCUT2D eigenvalue weighted by atomic mass is 19.3. The Kier molecular flexibility index (Phi) is 4.15. The zero-order valence-electron chi connectivity index (χ0n) is 8.59. The van der Waals surface area contributed by atoms with Gasteiger partial charge in [0.05, 0.1) is 7.11 Å². The van der Waals surface area contributed by atoms with Crippen molar-refractivity contribution in [1.82, 2.24) is 0 Å². The van der Waals surface area contributed by atoms with E-state index in [2.05, 4.69) is 10.1 Å². The first-order valence-corrected chi connectivity index (χ1v) is 4.54. The topological polar surface area (TPSA) is 30.5 Å². The van der Waals surface area contributed by atoms with Gasteiger partial charge in [0.2, 0.25) is 0 Å². The fourth-order valence-corrected chi connectivity index (χ4v) is 1.18. The fraction of sp³-hybridized carbons (Fsp3) is 0.400. The molecule has 0 saturated heterocycles. The van der Waals surface area contributed by atoms with Crippen LogP contribution in [0.4, 0.5) is 14.5 Å². The molecule has 0 fully saturated rings. The minimum absolute atomic E-state index is 0.0333. The van der Waals surface area contributed by atoms with Crippen molar-refractivity contribution < 1.29 is 18.3 Å². The molecule has 0 aliphatic heterocycles. The van der Waals surface area contributed by atoms with E-state index in [1.54, 1.807) is 12.1 Å². The van der Waals surface area contributed by atoms with Crippen molar-refractivity contribution in [2.75, 3.05) is 19.0 Å². The molecule has 1 N–H and O–H groups in total. The Morgan fingerprint density at radius 2 is 2.07 bits per heavy atom. The highest BCUT2D eigenvalue weighted by Crippen LogP contribution is 2.31. The molecule has 0 bridgehead atoms. The van der Waals surface area contributed by atoms with Gasteiger partial charge in [0.1, 0.15) is 0 Å². The van der Waals surface area contributed by atoms with Crippen LogP contribution in [0.3, 0.4) is 0 Å². The highest BCUT2D eigenvalue weighted by molar-refractivity contribution is 5.54. The third-order valence-electron chi connectivity index (χ3n) is 1.76. The van der Waals surface area contributed by atoms with Gasteiger partial charge in [-0.25, -0.2) is 0 Å². The number of alkyl halides is 2. The summed E-state index contributed by atoms with van der Waals surface area (Å²) >= 11 is 0. The summed E-state index contributed by atoms with van der Waals surface area (Å²) in [4.78, 5) is 0. The van der Waals surface area contributed by atoms with Crippen LogP contribution in [0.1, 0.15) is 6.92 Å². The predicted molar refractivity (Wildman–Crippen MR) is 53.8 cm³/mol. The molecule has 3 nitrogen and oxygen atoms in total. The summed E-state index contributed by atoms with van der Waals surface area (Å²) < 4.78 is 33.3. The Labute approximate surface area is 87.0 Å². The molecule has 0 aliphatic carbocycles. The molecule has 0 amide bonds. The maximum atomic E-state index is 12.1. The predicted octanol–water partition coefficient (Wildman–Crippen LogP) is 2.73. The Balaban J connectivity index is 2.91. The molecular weight excluding hydrogens is 204 g/mol. The molecule has 5 heteroatoms. The normalized spacial score (nSPS) is 10.2. The molecule has 0 aliphatic rings. The smallest absolute Gasteiger partial charge is 0.387 e. The van der Waals surface area contributed by atoms with Gasteiger partial charge in [-0.15, -0.1) is 0 Å². The van der Waals surface area contributed by atoms with Crippen LogP contribution in [0.2, 0.25) is 0 Å². The van der Waals surface area contributed by atoms with E-state index in [9.17, 15) is 8.78 Å². The molecule has 0 saturated carbocycles. The molecule has 0 spiro atoms. The Morgan fingerprint density at radius 1 is 1.33 bits per heavy atom. The molecule has 0 unspecified atom stereocenters. The molecule has 1 rings (SSSR count). The van der Waals surface area contributed by atoms with E-state index in [1.807, 2.05) is 6.92 Å². The summed E-state index contributed by atoms with van der Waals surface area (Å²) in [6, 6.07) is 4.80. The summed E-state index contributed by atoms with van der Waals surface area (Å²) in [6.07, 6.45) is 0. The van der Waals surface area contributed by atoms with E-state index in [-0.39, 0.29) is 11.5 Å². The number of benzene rings is 1. The van der Waals surface area contributed by atoms with Gasteiger partial charge in [0.25, 0.3) is 0 Å². The van der Waals surface area contributed by atoms with Crippen molar-refractivity contribution in [3.63, 3.8) is 0 Å². The van der Waals surface area contributed by atoms with Gasteiger partial charge < -0.3 is 14.8 Å². The molecular formula is C10H13F2NO2. The summed E-state index contributed by atoms with van der Waals surface area (Å²) in [5.41, 5.74) is 0.717. The molecule has 1 aromatic carbocycles. The lowest BCUT2D eigenvalue weighted by molar-refractivity contribution is -0.0511. The third-order valence-corrected chi connectivity index (χ3v) is 1.76. The van der Waals surface area contributed by atoms with Crippen LogP contribution >= 0.6 is 0 Å². The van der Waals surface area contributed by atoms with Crippen LogP contribution in [0, 0.1) is 0 Å². The number of ether oxygens (including phenoxy) is 2. The molecule has 0 heterocycles. The molecule has 0 atom stereocenters. The maximum Gasteiger partial charge on any atom is 0.387 e. The van der Waals surface area contributed by atoms with Gasteiger partial charge in [-0.05, 0) is 19.1 Å². The minimum atomic E-state index is -2.85. The number of hydrogen-bond acceptors (Lipinski definition) is 3. The van der Waals surface area contributed by atoms with E-state index in [0.717, 1.165) is 0 Å². The first kappa shape index (κ1) is 11.6. The second-order valence-corrected chi connectivity index (χ2v) is 2.77. The van der Waals surface area contributed by atoms with Crippen LogP contribution in [-0.2, 0) is 0 Å². The van der Waals surface area contributed by atoms with Gasteiger partial charge in [-0.2, -0.15) is 8.78 Å². The zero-order valence-corrected chi connectivity index (χ0v) is 8.59. The van der Waals surface area contributed by atoms with Gasteiger partial charge in [-0.3, -0.25) is 0 Å². The van der Waals surface area contributed by atoms with E-state index < -0.39 is 6.61 Å². The second-order valence-electron chi connectivity index (χ2n) is 2.77. The van der Waals surface area contributed by atoms with Gasteiger partial charge in [0, 0.05) is 18.3 Å². The van der Waals surface area contributed by atoms with E-state index in [4.69, 9.17) is 4.74 Å². The molecule has 15 heavy (non-hydrogen) atoms. The first-order chi connectivity index (χ1) is 7.17. The van der Waals surface area contributed by atoms with Gasteiger partial charge in [0.15, 0.2) is 11.5 Å². The average molecular weight is 217 g/mol. The van der Waals surface area contributed by atoms with E-state index in [0.29, 0.717) is 12.2 Å². The number of nitrogens with one attached hydrogen (secondary N) is 1. The lowest BCUT2D eigenvalue weighted by Crippen LogP contribution is -2.04. The summed E-state index contributed by atoms with van der Waals surface area (Å²) in [5.74, 6) is 0.322. The van der Waals surface area contributed by atoms with Crippen LogP contribution < -0.4 is 14.8 Å². The number of hydrogen-bond donors (Lipinski definition) is 1. The third kappa shape index (κ3) is 3.27. The summed E-state index contributed by atoms with van der Waals surface area (Å²) in [7, 11) is 1.40. The monoisotopic (exact) mass is 217 g/mol. The fourth-order valence-electron chi connectivity index (χ4n) is 1.18. The van der Waals surface area contributed by atoms with Crippen LogP contribution in [0.15, 0.2) is 18.2 Å². The Morgan fingerprint density at radius 3 is 2.60 bits per heavy atom. The summed E-state index contributed by atoms with van der Waals surface area (Å²) in [5, 5.41) is 2.99. The number of methoxy groups -OCH3 is 1. The van der Waals surface area contributed by atoms with Crippen molar-refractivity contribution in [3.8, 4) is 11.5 Å². The average Bonchev–Trinajstić information content (AvgIpc) is 2.18. The van der Waals surface area contributed by atoms with Crippen molar-refractivity contribution in [3.05, 3.63) is 18.2 Å². The van der Waals surface area contributed by atoms with E-state index in [1.165, 1.54) is 13.2 Å². The first-order valence-electron chi connectivity index (χ1n) is 4.54. The van der Waals surface area contributed by atoms with Crippen molar-refractivity contribution in [2.45, 2.75) is 13.5 Å². The highest BCUT2D eigenvalue weighted by Gasteiger charge is 2.10. The van der Waals surface area contributed by atoms with Gasteiger partial charge >= 0.3 is 6.61 Å². The molecule has 1 aromatic rings. The quantitative estimate of drug-likeness (QED) is 0.822. The maximum absolute atomic E-state index is 12.1. The molecule has 84 valence electrons. The largest absolute Gasteiger partial charge is 0.493 e. The molecule has 0 aromatic heterocycles. The lowest BCUT2D eigenvalue weighted by Gasteiger charge is -2.11. The summed E-state index contributed by atoms with van der Waals surface area (Å²) in [6.45, 7) is -0.228. The number of rotatable bonds is 5. The van der Waals surface area contributed by atoms with Crippen molar-refractivity contribution in [2.24, 2.45) is 0 Å². The SMILES string of the molecule is CCNc1ccc(OC)c(OC(F)F)c1. The lowest BCUT2D eigenvalue weighted by atomic mass is 10.2. The van der Waals surface area contributed by atoms with Crippen LogP contribution in [0.25, 0.3) is 0 Å². The Hall–Kier alpha value is -1.52. The number of anilines is 1. The van der Waals surface area contributed by atoms with Crippen LogP contribution in [0.5, 0.6) is 11.5 Å². The van der Waals surface area contributed by atoms with Crippen molar-refractivity contribution >= 4 is 5.69 Å². The van der Waals surface area contributed by atoms with Gasteiger partial charge in [-0.1, -0.05) is 0 Å². The van der Waals surface area contributed by atoms with Crippen LogP contribution in [-0.4, -0.2) is 20.3 Å². The standard InChI is InChI=1S/C10H13F2NO2/c1-3-13-7-4-5-8(14-2)9(6-7)15-10(11)12/h4-6,10,13H,3H2,1-2H3. The van der Waals surface area contributed by atoms with Crippen molar-refractivity contribution in [1.29, 1.82) is 0 Å².